The van der Waals surface area contributed by atoms with Gasteiger partial charge < -0.3 is 14.6 Å². The molecule has 1 N–H and O–H groups in total. The maximum atomic E-state index is 13.1. The summed E-state index contributed by atoms with van der Waals surface area (Å²) < 4.78 is 12.3. The number of rotatable bonds is 5. The lowest BCUT2D eigenvalue weighted by atomic mass is 9.76. The van der Waals surface area contributed by atoms with Crippen LogP contribution in [0.25, 0.3) is 11.3 Å². The number of aryl methyl sites for hydroxylation is 1. The van der Waals surface area contributed by atoms with Crippen LogP contribution in [0.4, 0.5) is 5.82 Å². The molecule has 0 spiro atoms. The average Bonchev–Trinajstić information content (AvgIpc) is 3.28. The Hall–Kier alpha value is -2.55. The molecule has 6 nitrogen and oxygen atoms in total. The van der Waals surface area contributed by atoms with E-state index in [1.807, 2.05) is 84.2 Å². The van der Waals surface area contributed by atoms with Crippen molar-refractivity contribution >= 4 is 35.6 Å². The summed E-state index contributed by atoms with van der Waals surface area (Å²) in [6, 6.07) is 11.6. The van der Waals surface area contributed by atoms with Gasteiger partial charge in [0.15, 0.2) is 0 Å². The standard InChI is InChI=1S/C25H30BN3O3S/c1-16-28-20(15-33-16)17-8-13-21(27-14-17)29-22(30)23(2,3)18-9-11-19(12-10-18)26-31-24(4,5)25(6,7)32-26/h8-15H,1-7H3,(H,27,29,30). The summed E-state index contributed by atoms with van der Waals surface area (Å²) in [5, 5.41) is 5.95. The summed E-state index contributed by atoms with van der Waals surface area (Å²) in [5.74, 6) is 0.383. The van der Waals surface area contributed by atoms with Crippen molar-refractivity contribution in [1.82, 2.24) is 9.97 Å². The Balaban J connectivity index is 1.45. The first-order chi connectivity index (χ1) is 15.4. The zero-order valence-electron chi connectivity index (χ0n) is 20.2. The highest BCUT2D eigenvalue weighted by Gasteiger charge is 2.51. The largest absolute Gasteiger partial charge is 0.494 e. The molecule has 1 aromatic carbocycles. The van der Waals surface area contributed by atoms with E-state index in [0.717, 1.165) is 27.3 Å². The Morgan fingerprint density at radius 2 is 1.67 bits per heavy atom. The first-order valence-corrected chi connectivity index (χ1v) is 11.9. The summed E-state index contributed by atoms with van der Waals surface area (Å²) >= 11 is 1.60. The van der Waals surface area contributed by atoms with E-state index in [4.69, 9.17) is 9.31 Å². The van der Waals surface area contributed by atoms with Crippen molar-refractivity contribution in [1.29, 1.82) is 0 Å². The number of amides is 1. The molecule has 33 heavy (non-hydrogen) atoms. The Morgan fingerprint density at radius 3 is 2.18 bits per heavy atom. The molecule has 1 amide bonds. The number of pyridine rings is 1. The average molecular weight is 463 g/mol. The van der Waals surface area contributed by atoms with Crippen molar-refractivity contribution in [2.24, 2.45) is 0 Å². The molecule has 172 valence electrons. The predicted molar refractivity (Wildman–Crippen MR) is 134 cm³/mol. The van der Waals surface area contributed by atoms with Gasteiger partial charge in [-0.2, -0.15) is 0 Å². The van der Waals surface area contributed by atoms with Gasteiger partial charge in [0.25, 0.3) is 0 Å². The van der Waals surface area contributed by atoms with Gasteiger partial charge in [-0.1, -0.05) is 24.3 Å². The fourth-order valence-corrected chi connectivity index (χ4v) is 4.18. The van der Waals surface area contributed by atoms with E-state index in [1.165, 1.54) is 0 Å². The lowest BCUT2D eigenvalue weighted by Crippen LogP contribution is -2.41. The highest BCUT2D eigenvalue weighted by Crippen LogP contribution is 2.36. The first kappa shape index (κ1) is 23.6. The molecule has 0 atom stereocenters. The fourth-order valence-electron chi connectivity index (χ4n) is 3.56. The minimum atomic E-state index is -0.749. The number of carbonyl (C=O) groups is 1. The highest BCUT2D eigenvalue weighted by molar-refractivity contribution is 7.09. The Kier molecular flexibility index (Phi) is 5.97. The van der Waals surface area contributed by atoms with Gasteiger partial charge in [0, 0.05) is 17.1 Å². The number of carbonyl (C=O) groups excluding carboxylic acids is 1. The highest BCUT2D eigenvalue weighted by atomic mass is 32.1. The molecule has 1 fully saturated rings. The van der Waals surface area contributed by atoms with Crippen LogP contribution in [0.1, 0.15) is 52.1 Å². The summed E-state index contributed by atoms with van der Waals surface area (Å²) in [5.41, 5.74) is 2.12. The van der Waals surface area contributed by atoms with E-state index in [0.29, 0.717) is 5.82 Å². The van der Waals surface area contributed by atoms with E-state index in [2.05, 4.69) is 15.3 Å². The number of hydrogen-bond acceptors (Lipinski definition) is 6. The van der Waals surface area contributed by atoms with E-state index >= 15 is 0 Å². The van der Waals surface area contributed by atoms with Crippen LogP contribution in [0.15, 0.2) is 48.0 Å². The maximum Gasteiger partial charge on any atom is 0.494 e. The molecule has 0 bridgehead atoms. The van der Waals surface area contributed by atoms with E-state index < -0.39 is 23.7 Å². The van der Waals surface area contributed by atoms with Crippen LogP contribution in [-0.4, -0.2) is 34.2 Å². The lowest BCUT2D eigenvalue weighted by molar-refractivity contribution is -0.120. The van der Waals surface area contributed by atoms with Crippen molar-refractivity contribution in [3.8, 4) is 11.3 Å². The number of aromatic nitrogens is 2. The smallest absolute Gasteiger partial charge is 0.399 e. The summed E-state index contributed by atoms with van der Waals surface area (Å²) in [6.07, 6.45) is 1.73. The van der Waals surface area contributed by atoms with Crippen molar-refractivity contribution in [3.63, 3.8) is 0 Å². The Labute approximate surface area is 199 Å². The number of nitrogens with zero attached hydrogens (tertiary/aromatic N) is 2. The zero-order chi connectivity index (χ0) is 24.0. The molecule has 3 heterocycles. The molecular formula is C25H30BN3O3S. The second-order valence-electron chi connectivity index (χ2n) is 9.97. The zero-order valence-corrected chi connectivity index (χ0v) is 21.0. The Morgan fingerprint density at radius 1 is 1.03 bits per heavy atom. The monoisotopic (exact) mass is 463 g/mol. The molecule has 4 rings (SSSR count). The summed E-state index contributed by atoms with van der Waals surface area (Å²) in [4.78, 5) is 22.0. The molecule has 0 radical (unpaired) electrons. The van der Waals surface area contributed by atoms with Crippen LogP contribution in [-0.2, 0) is 19.5 Å². The van der Waals surface area contributed by atoms with Crippen LogP contribution < -0.4 is 10.8 Å². The predicted octanol–water partition coefficient (Wildman–Crippen LogP) is 4.73. The third kappa shape index (κ3) is 4.60. The van der Waals surface area contributed by atoms with Gasteiger partial charge in [-0.15, -0.1) is 11.3 Å². The first-order valence-electron chi connectivity index (χ1n) is 11.1. The van der Waals surface area contributed by atoms with Crippen molar-refractivity contribution in [2.45, 2.75) is 65.1 Å². The third-order valence-electron chi connectivity index (χ3n) is 6.65. The van der Waals surface area contributed by atoms with Crippen LogP contribution in [0.2, 0.25) is 0 Å². The number of anilines is 1. The number of nitrogens with one attached hydrogen (secondary N) is 1. The van der Waals surface area contributed by atoms with Gasteiger partial charge in [-0.25, -0.2) is 9.97 Å². The number of thiazole rings is 1. The topological polar surface area (TPSA) is 73.3 Å². The molecule has 1 aliphatic rings. The van der Waals surface area contributed by atoms with Gasteiger partial charge in [-0.05, 0) is 71.6 Å². The molecule has 0 aliphatic carbocycles. The fraction of sp³-hybridized carbons (Fsp3) is 0.400. The third-order valence-corrected chi connectivity index (χ3v) is 7.42. The second kappa shape index (κ2) is 8.35. The van der Waals surface area contributed by atoms with Gasteiger partial charge in [-0.3, -0.25) is 4.79 Å². The van der Waals surface area contributed by atoms with Gasteiger partial charge >= 0.3 is 7.12 Å². The van der Waals surface area contributed by atoms with Gasteiger partial charge in [0.2, 0.25) is 5.91 Å². The quantitative estimate of drug-likeness (QED) is 0.554. The minimum Gasteiger partial charge on any atom is -0.399 e. The lowest BCUT2D eigenvalue weighted by Gasteiger charge is -2.32. The van der Waals surface area contributed by atoms with Crippen molar-refractivity contribution in [2.75, 3.05) is 5.32 Å². The minimum absolute atomic E-state index is 0.129. The van der Waals surface area contributed by atoms with Crippen LogP contribution in [0.5, 0.6) is 0 Å². The van der Waals surface area contributed by atoms with E-state index in [-0.39, 0.29) is 5.91 Å². The van der Waals surface area contributed by atoms with Gasteiger partial charge in [0.05, 0.1) is 27.3 Å². The summed E-state index contributed by atoms with van der Waals surface area (Å²) in [7, 11) is -0.426. The molecule has 1 aliphatic heterocycles. The normalized spacial score (nSPS) is 17.2. The molecule has 8 heteroatoms. The van der Waals surface area contributed by atoms with Gasteiger partial charge in [0.1, 0.15) is 5.82 Å². The Bertz CT molecular complexity index is 1140. The maximum absolute atomic E-state index is 13.1. The molecular weight excluding hydrogens is 433 g/mol. The number of benzene rings is 1. The van der Waals surface area contributed by atoms with E-state index in [9.17, 15) is 4.79 Å². The van der Waals surface area contributed by atoms with Crippen LogP contribution >= 0.6 is 11.3 Å². The molecule has 0 saturated carbocycles. The summed E-state index contributed by atoms with van der Waals surface area (Å²) in [6.45, 7) is 13.9. The molecule has 1 saturated heterocycles. The van der Waals surface area contributed by atoms with Crippen LogP contribution in [0, 0.1) is 6.92 Å². The SMILES string of the molecule is Cc1nc(-c2ccc(NC(=O)C(C)(C)c3ccc(B4OC(C)(C)C(C)(C)O4)cc3)nc2)cs1. The molecule has 2 aromatic heterocycles. The molecule has 0 unspecified atom stereocenters. The van der Waals surface area contributed by atoms with E-state index in [1.54, 1.807) is 23.6 Å². The van der Waals surface area contributed by atoms with Crippen molar-refractivity contribution in [3.05, 3.63) is 58.5 Å². The second-order valence-corrected chi connectivity index (χ2v) is 11.0. The molecule has 3 aromatic rings. The number of hydrogen-bond donors (Lipinski definition) is 1. The van der Waals surface area contributed by atoms with Crippen molar-refractivity contribution < 1.29 is 14.1 Å². The van der Waals surface area contributed by atoms with Crippen LogP contribution in [0.3, 0.4) is 0 Å².